The van der Waals surface area contributed by atoms with E-state index < -0.39 is 0 Å². The third kappa shape index (κ3) is 4.66. The van der Waals surface area contributed by atoms with Crippen LogP contribution in [0.3, 0.4) is 0 Å². The fourth-order valence-corrected chi connectivity index (χ4v) is 4.79. The summed E-state index contributed by atoms with van der Waals surface area (Å²) in [5.41, 5.74) is 2.58. The molecule has 0 radical (unpaired) electrons. The Morgan fingerprint density at radius 3 is 2.36 bits per heavy atom. The molecule has 2 amide bonds. The van der Waals surface area contributed by atoms with Crippen LogP contribution < -0.4 is 4.90 Å². The number of carbonyl (C=O) groups excluding carboxylic acids is 2. The van der Waals surface area contributed by atoms with Crippen molar-refractivity contribution in [2.75, 3.05) is 37.8 Å². The molecule has 1 atom stereocenters. The van der Waals surface area contributed by atoms with Gasteiger partial charge < -0.3 is 19.3 Å². The summed E-state index contributed by atoms with van der Waals surface area (Å²) in [6.45, 7) is 2.84. The van der Waals surface area contributed by atoms with Crippen LogP contribution in [0.4, 0.5) is 10.1 Å². The average molecular weight is 453 g/mol. The van der Waals surface area contributed by atoms with Crippen molar-refractivity contribution in [1.82, 2.24) is 4.90 Å². The van der Waals surface area contributed by atoms with Crippen LogP contribution in [-0.4, -0.2) is 55.2 Å². The van der Waals surface area contributed by atoms with Crippen molar-refractivity contribution in [3.05, 3.63) is 65.5 Å². The van der Waals surface area contributed by atoms with Gasteiger partial charge in [-0.1, -0.05) is 24.3 Å². The maximum absolute atomic E-state index is 13.2. The fraction of sp³-hybridized carbons (Fsp3) is 0.462. The van der Waals surface area contributed by atoms with E-state index in [1.165, 1.54) is 17.7 Å². The van der Waals surface area contributed by atoms with Gasteiger partial charge in [-0.05, 0) is 61.1 Å². The van der Waals surface area contributed by atoms with Crippen molar-refractivity contribution in [2.45, 2.75) is 43.7 Å². The molecule has 0 bridgehead atoms. The molecule has 0 aliphatic carbocycles. The van der Waals surface area contributed by atoms with Crippen molar-refractivity contribution in [1.29, 1.82) is 0 Å². The first-order chi connectivity index (χ1) is 16.0. The summed E-state index contributed by atoms with van der Waals surface area (Å²) < 4.78 is 24.7. The Bertz CT molecular complexity index is 998. The smallest absolute Gasteiger partial charge is 0.248 e. The summed E-state index contributed by atoms with van der Waals surface area (Å²) in [5.74, 6) is -0.196. The molecule has 33 heavy (non-hydrogen) atoms. The largest absolute Gasteiger partial charge is 0.375 e. The Kier molecular flexibility index (Phi) is 6.17. The summed E-state index contributed by atoms with van der Waals surface area (Å²) in [7, 11) is 0. The number of nitrogens with zero attached hydrogens (tertiary/aromatic N) is 2. The Balaban J connectivity index is 1.16. The molecule has 6 nitrogen and oxygen atoms in total. The third-order valence-electron chi connectivity index (χ3n) is 6.98. The van der Waals surface area contributed by atoms with E-state index in [1.807, 2.05) is 4.90 Å². The summed E-state index contributed by atoms with van der Waals surface area (Å²) in [5, 5.41) is 0. The molecule has 0 spiro atoms. The highest BCUT2D eigenvalue weighted by atomic mass is 19.1. The molecular formula is C26H29FN2O4. The van der Waals surface area contributed by atoms with Gasteiger partial charge in [0.1, 0.15) is 18.0 Å². The van der Waals surface area contributed by atoms with Gasteiger partial charge in [-0.2, -0.15) is 0 Å². The number of anilines is 1. The number of aryl methyl sites for hydroxylation is 1. The van der Waals surface area contributed by atoms with Gasteiger partial charge in [0, 0.05) is 18.8 Å². The highest BCUT2D eigenvalue weighted by Gasteiger charge is 2.41. The summed E-state index contributed by atoms with van der Waals surface area (Å²) >= 11 is 0. The summed E-state index contributed by atoms with van der Waals surface area (Å²) in [6.07, 6.45) is 4.23. The monoisotopic (exact) mass is 452 g/mol. The molecule has 3 aliphatic rings. The van der Waals surface area contributed by atoms with Crippen LogP contribution in [0.5, 0.6) is 0 Å². The molecule has 0 N–H and O–H groups in total. The minimum Gasteiger partial charge on any atom is -0.375 e. The van der Waals surface area contributed by atoms with E-state index in [0.29, 0.717) is 25.3 Å². The highest BCUT2D eigenvalue weighted by molar-refractivity contribution is 6.01. The van der Waals surface area contributed by atoms with Gasteiger partial charge in [0.05, 0.1) is 25.7 Å². The SMILES string of the molecule is O=C(COC1(CCc2ccc(C3CC(=O)N3c3ccc(F)cc3)cc2)COC1)N1CCCC1. The minimum absolute atomic E-state index is 0.0247. The lowest BCUT2D eigenvalue weighted by Crippen LogP contribution is -2.53. The van der Waals surface area contributed by atoms with Crippen LogP contribution in [0.2, 0.25) is 0 Å². The first kappa shape index (κ1) is 22.0. The molecule has 2 aromatic carbocycles. The second-order valence-corrected chi connectivity index (χ2v) is 9.25. The predicted octanol–water partition coefficient (Wildman–Crippen LogP) is 3.64. The van der Waals surface area contributed by atoms with Gasteiger partial charge in [-0.25, -0.2) is 4.39 Å². The normalized spacial score (nSPS) is 21.6. The van der Waals surface area contributed by atoms with Crippen LogP contribution in [0.15, 0.2) is 48.5 Å². The zero-order valence-electron chi connectivity index (χ0n) is 18.7. The predicted molar refractivity (Wildman–Crippen MR) is 121 cm³/mol. The second-order valence-electron chi connectivity index (χ2n) is 9.25. The van der Waals surface area contributed by atoms with Gasteiger partial charge in [0.25, 0.3) is 0 Å². The molecule has 3 fully saturated rings. The molecule has 174 valence electrons. The van der Waals surface area contributed by atoms with Crippen molar-refractivity contribution in [3.8, 4) is 0 Å². The lowest BCUT2D eigenvalue weighted by atomic mass is 9.90. The number of carbonyl (C=O) groups is 2. The molecule has 2 aromatic rings. The van der Waals surface area contributed by atoms with Crippen molar-refractivity contribution in [2.24, 2.45) is 0 Å². The van der Waals surface area contributed by atoms with Crippen LogP contribution >= 0.6 is 0 Å². The standard InChI is InChI=1S/C26H29FN2O4/c27-21-7-9-22(10-8-21)29-23(15-24(29)30)20-5-3-19(4-6-20)11-12-26(17-32-18-26)33-16-25(31)28-13-1-2-14-28/h3-10,23H,1-2,11-18H2. The summed E-state index contributed by atoms with van der Waals surface area (Å²) in [4.78, 5) is 28.1. The van der Waals surface area contributed by atoms with Crippen LogP contribution in [0, 0.1) is 5.82 Å². The number of amides is 2. The highest BCUT2D eigenvalue weighted by Crippen LogP contribution is 2.39. The maximum Gasteiger partial charge on any atom is 0.248 e. The van der Waals surface area contributed by atoms with Crippen molar-refractivity contribution in [3.63, 3.8) is 0 Å². The van der Waals surface area contributed by atoms with E-state index in [0.717, 1.165) is 44.3 Å². The molecule has 0 aromatic heterocycles. The molecule has 3 saturated heterocycles. The van der Waals surface area contributed by atoms with Gasteiger partial charge in [-0.3, -0.25) is 9.59 Å². The fourth-order valence-electron chi connectivity index (χ4n) is 4.79. The molecule has 3 aliphatic heterocycles. The zero-order chi connectivity index (χ0) is 22.8. The lowest BCUT2D eigenvalue weighted by molar-refractivity contribution is -0.214. The Hall–Kier alpha value is -2.77. The van der Waals surface area contributed by atoms with Crippen molar-refractivity contribution < 1.29 is 23.5 Å². The van der Waals surface area contributed by atoms with E-state index in [4.69, 9.17) is 9.47 Å². The number of hydrogen-bond acceptors (Lipinski definition) is 4. The van der Waals surface area contributed by atoms with Crippen LogP contribution in [-0.2, 0) is 25.5 Å². The molecule has 5 rings (SSSR count). The van der Waals surface area contributed by atoms with Gasteiger partial charge in [-0.15, -0.1) is 0 Å². The molecule has 3 heterocycles. The van der Waals surface area contributed by atoms with E-state index in [-0.39, 0.29) is 35.9 Å². The topological polar surface area (TPSA) is 59.1 Å². The average Bonchev–Trinajstić information content (AvgIpc) is 3.33. The molecule has 1 unspecified atom stereocenters. The third-order valence-corrected chi connectivity index (χ3v) is 6.98. The number of hydrogen-bond donors (Lipinski definition) is 0. The minimum atomic E-state index is -0.381. The first-order valence-corrected chi connectivity index (χ1v) is 11.7. The van der Waals surface area contributed by atoms with Gasteiger partial charge in [0.15, 0.2) is 0 Å². The Morgan fingerprint density at radius 2 is 1.76 bits per heavy atom. The van der Waals surface area contributed by atoms with E-state index in [9.17, 15) is 14.0 Å². The molecule has 0 saturated carbocycles. The van der Waals surface area contributed by atoms with E-state index in [2.05, 4.69) is 24.3 Å². The summed E-state index contributed by atoms with van der Waals surface area (Å²) in [6, 6.07) is 14.3. The number of likely N-dealkylation sites (tertiary alicyclic amines) is 1. The van der Waals surface area contributed by atoms with Crippen molar-refractivity contribution >= 4 is 17.5 Å². The first-order valence-electron chi connectivity index (χ1n) is 11.7. The number of rotatable bonds is 8. The number of halogens is 1. The Labute approximate surface area is 193 Å². The molecular weight excluding hydrogens is 423 g/mol. The van der Waals surface area contributed by atoms with E-state index in [1.54, 1.807) is 17.0 Å². The number of ether oxygens (including phenoxy) is 2. The second kappa shape index (κ2) is 9.23. The van der Waals surface area contributed by atoms with Crippen LogP contribution in [0.1, 0.15) is 42.9 Å². The zero-order valence-corrected chi connectivity index (χ0v) is 18.7. The van der Waals surface area contributed by atoms with Gasteiger partial charge >= 0.3 is 0 Å². The maximum atomic E-state index is 13.2. The number of β-lactam (4-membered cyclic amide) rings is 1. The number of benzene rings is 2. The Morgan fingerprint density at radius 1 is 1.06 bits per heavy atom. The molecule has 7 heteroatoms. The van der Waals surface area contributed by atoms with Gasteiger partial charge in [0.2, 0.25) is 11.8 Å². The lowest BCUT2D eigenvalue weighted by Gasteiger charge is -2.41. The van der Waals surface area contributed by atoms with Crippen LogP contribution in [0.25, 0.3) is 0 Å². The quantitative estimate of drug-likeness (QED) is 0.574. The van der Waals surface area contributed by atoms with E-state index >= 15 is 0 Å².